The largest absolute Gasteiger partial charge is 0.306 e. The van der Waals surface area contributed by atoms with Crippen LogP contribution in [0.5, 0.6) is 0 Å². The Balaban J connectivity index is 3.30. The van der Waals surface area contributed by atoms with Crippen LogP contribution in [0.2, 0.25) is 0 Å². The van der Waals surface area contributed by atoms with Crippen molar-refractivity contribution in [1.82, 2.24) is 4.98 Å². The van der Waals surface area contributed by atoms with Crippen LogP contribution in [0.3, 0.4) is 0 Å². The summed E-state index contributed by atoms with van der Waals surface area (Å²) >= 11 is 0.818. The molecule has 0 aliphatic carbocycles. The van der Waals surface area contributed by atoms with E-state index in [4.69, 9.17) is 0 Å². The van der Waals surface area contributed by atoms with Gasteiger partial charge in [-0.15, -0.1) is 0 Å². The predicted molar refractivity (Wildman–Crippen MR) is 24.9 cm³/mol. The van der Waals surface area contributed by atoms with Gasteiger partial charge in [0.2, 0.25) is 5.95 Å². The highest BCUT2D eigenvalue weighted by molar-refractivity contribution is 7.07. The number of H-pyrrole nitrogens is 1. The molecule has 0 unspecified atom stereocenters. The lowest BCUT2D eigenvalue weighted by molar-refractivity contribution is 0.589. The van der Waals surface area contributed by atoms with Gasteiger partial charge >= 0.3 is 4.87 Å². The molecule has 0 aliphatic heterocycles. The standard InChI is InChI=1S/C3H2FNOS/c4-2-1-7-3(6)5-2/h1H,(H,5,6). The minimum Gasteiger partial charge on any atom is -0.289 e. The molecule has 4 heteroatoms. The summed E-state index contributed by atoms with van der Waals surface area (Å²) in [5.74, 6) is -0.560. The van der Waals surface area contributed by atoms with Crippen molar-refractivity contribution in [3.8, 4) is 0 Å². The van der Waals surface area contributed by atoms with E-state index >= 15 is 0 Å². The van der Waals surface area contributed by atoms with Crippen LogP contribution in [0.1, 0.15) is 0 Å². The lowest BCUT2D eigenvalue weighted by Crippen LogP contribution is -1.91. The molecular formula is C3H2FNOS. The maximum Gasteiger partial charge on any atom is 0.306 e. The number of aromatic nitrogens is 1. The van der Waals surface area contributed by atoms with E-state index in [1.165, 1.54) is 0 Å². The molecular weight excluding hydrogens is 117 g/mol. The molecule has 0 amide bonds. The van der Waals surface area contributed by atoms with Gasteiger partial charge in [-0.2, -0.15) is 4.39 Å². The van der Waals surface area contributed by atoms with Gasteiger partial charge < -0.3 is 0 Å². The van der Waals surface area contributed by atoms with Gasteiger partial charge in [0, 0.05) is 5.38 Å². The Kier molecular flexibility index (Phi) is 0.941. The summed E-state index contributed by atoms with van der Waals surface area (Å²) in [6, 6.07) is 0. The van der Waals surface area contributed by atoms with Crippen LogP contribution >= 0.6 is 11.3 Å². The Morgan fingerprint density at radius 1 is 1.86 bits per heavy atom. The van der Waals surface area contributed by atoms with Crippen LogP contribution < -0.4 is 4.87 Å². The average molecular weight is 119 g/mol. The Hall–Kier alpha value is -0.640. The zero-order valence-corrected chi connectivity index (χ0v) is 4.09. The van der Waals surface area contributed by atoms with Crippen molar-refractivity contribution in [2.75, 3.05) is 0 Å². The monoisotopic (exact) mass is 119 g/mol. The van der Waals surface area contributed by atoms with E-state index in [1.54, 1.807) is 0 Å². The smallest absolute Gasteiger partial charge is 0.289 e. The molecule has 0 spiro atoms. The molecule has 0 bridgehead atoms. The molecule has 0 saturated carbocycles. The number of halogens is 1. The van der Waals surface area contributed by atoms with Crippen molar-refractivity contribution in [1.29, 1.82) is 0 Å². The van der Waals surface area contributed by atoms with Crippen LogP contribution in [-0.2, 0) is 0 Å². The highest BCUT2D eigenvalue weighted by Crippen LogP contribution is 1.88. The number of hydrogen-bond acceptors (Lipinski definition) is 2. The van der Waals surface area contributed by atoms with E-state index in [9.17, 15) is 9.18 Å². The van der Waals surface area contributed by atoms with E-state index < -0.39 is 5.95 Å². The minimum absolute atomic E-state index is 0.350. The van der Waals surface area contributed by atoms with E-state index in [0.29, 0.717) is 0 Å². The summed E-state index contributed by atoms with van der Waals surface area (Å²) in [4.78, 5) is 11.6. The molecule has 1 aromatic rings. The van der Waals surface area contributed by atoms with Crippen molar-refractivity contribution >= 4 is 11.3 Å². The molecule has 1 N–H and O–H groups in total. The van der Waals surface area contributed by atoms with E-state index in [0.717, 1.165) is 16.7 Å². The second-order valence-corrected chi connectivity index (χ2v) is 1.84. The molecule has 1 heterocycles. The lowest BCUT2D eigenvalue weighted by atomic mass is 11.0. The van der Waals surface area contributed by atoms with Crippen LogP contribution in [0.4, 0.5) is 4.39 Å². The Morgan fingerprint density at radius 2 is 2.57 bits per heavy atom. The summed E-state index contributed by atoms with van der Waals surface area (Å²) in [6.45, 7) is 0. The number of nitrogens with one attached hydrogen (secondary N) is 1. The fraction of sp³-hybridized carbons (Fsp3) is 0. The third kappa shape index (κ3) is 0.866. The SMILES string of the molecule is O=c1[nH]c(F)cs1. The van der Waals surface area contributed by atoms with E-state index in [1.807, 2.05) is 4.98 Å². The molecule has 1 aromatic heterocycles. The molecule has 0 aromatic carbocycles. The maximum absolute atomic E-state index is 11.7. The van der Waals surface area contributed by atoms with Crippen molar-refractivity contribution < 1.29 is 4.39 Å². The number of rotatable bonds is 0. The van der Waals surface area contributed by atoms with Crippen molar-refractivity contribution in [2.24, 2.45) is 0 Å². The van der Waals surface area contributed by atoms with Gasteiger partial charge in [0.15, 0.2) is 0 Å². The Bertz CT molecular complexity index is 203. The quantitative estimate of drug-likeness (QED) is 0.532. The van der Waals surface area contributed by atoms with Gasteiger partial charge in [-0.25, -0.2) is 0 Å². The van der Waals surface area contributed by atoms with Gasteiger partial charge in [-0.1, -0.05) is 11.3 Å². The Labute approximate surface area is 42.6 Å². The highest BCUT2D eigenvalue weighted by Gasteiger charge is 1.87. The van der Waals surface area contributed by atoms with Gasteiger partial charge in [0.1, 0.15) is 0 Å². The zero-order chi connectivity index (χ0) is 5.28. The van der Waals surface area contributed by atoms with Gasteiger partial charge in [0.05, 0.1) is 0 Å². The highest BCUT2D eigenvalue weighted by atomic mass is 32.1. The second-order valence-electron chi connectivity index (χ2n) is 0.996. The van der Waals surface area contributed by atoms with Crippen LogP contribution in [-0.4, -0.2) is 4.98 Å². The molecule has 38 valence electrons. The second kappa shape index (κ2) is 1.46. The molecule has 1 rings (SSSR count). The van der Waals surface area contributed by atoms with E-state index in [2.05, 4.69) is 0 Å². The fourth-order valence-corrected chi connectivity index (χ4v) is 0.688. The number of thiazole rings is 1. The van der Waals surface area contributed by atoms with Crippen LogP contribution in [0.25, 0.3) is 0 Å². The molecule has 0 radical (unpaired) electrons. The first-order chi connectivity index (χ1) is 3.29. The lowest BCUT2D eigenvalue weighted by Gasteiger charge is -1.62. The van der Waals surface area contributed by atoms with Gasteiger partial charge in [-0.3, -0.25) is 9.78 Å². The molecule has 0 atom stereocenters. The molecule has 0 aliphatic rings. The fourth-order valence-electron chi connectivity index (χ4n) is 0.262. The van der Waals surface area contributed by atoms with Crippen molar-refractivity contribution in [2.45, 2.75) is 0 Å². The summed E-state index contributed by atoms with van der Waals surface area (Å²) in [6.07, 6.45) is 0. The summed E-state index contributed by atoms with van der Waals surface area (Å²) in [5.41, 5.74) is 0. The maximum atomic E-state index is 11.7. The summed E-state index contributed by atoms with van der Waals surface area (Å²) < 4.78 is 11.7. The predicted octanol–water partition coefficient (Wildman–Crippen LogP) is 0.576. The van der Waals surface area contributed by atoms with Gasteiger partial charge in [0.25, 0.3) is 0 Å². The number of aromatic amines is 1. The van der Waals surface area contributed by atoms with Crippen LogP contribution in [0.15, 0.2) is 10.2 Å². The van der Waals surface area contributed by atoms with Gasteiger partial charge in [-0.05, 0) is 0 Å². The molecule has 0 fully saturated rings. The number of hydrogen-bond donors (Lipinski definition) is 1. The molecule has 7 heavy (non-hydrogen) atoms. The molecule has 2 nitrogen and oxygen atoms in total. The third-order valence-corrected chi connectivity index (χ3v) is 1.13. The zero-order valence-electron chi connectivity index (χ0n) is 3.27. The minimum atomic E-state index is -0.560. The Morgan fingerprint density at radius 3 is 2.71 bits per heavy atom. The third-order valence-electron chi connectivity index (χ3n) is 0.491. The summed E-state index contributed by atoms with van der Waals surface area (Å²) in [7, 11) is 0. The average Bonchev–Trinajstić information content (AvgIpc) is 1.87. The normalized spacial score (nSPS) is 9.29. The first kappa shape index (κ1) is 4.52. The molecule has 0 saturated heterocycles. The first-order valence-corrected chi connectivity index (χ1v) is 2.50. The van der Waals surface area contributed by atoms with Crippen molar-refractivity contribution in [3.63, 3.8) is 0 Å². The van der Waals surface area contributed by atoms with E-state index in [-0.39, 0.29) is 4.87 Å². The topological polar surface area (TPSA) is 32.9 Å². The van der Waals surface area contributed by atoms with Crippen molar-refractivity contribution in [3.05, 3.63) is 21.0 Å². The van der Waals surface area contributed by atoms with Crippen LogP contribution in [0, 0.1) is 5.95 Å². The summed E-state index contributed by atoms with van der Waals surface area (Å²) in [5, 5.41) is 1.13. The first-order valence-electron chi connectivity index (χ1n) is 1.62.